The van der Waals surface area contributed by atoms with Gasteiger partial charge in [0.15, 0.2) is 5.69 Å². The lowest BCUT2D eigenvalue weighted by Gasteiger charge is -2.35. The van der Waals surface area contributed by atoms with Crippen LogP contribution in [0.25, 0.3) is 0 Å². The van der Waals surface area contributed by atoms with Gasteiger partial charge in [0.25, 0.3) is 5.91 Å². The van der Waals surface area contributed by atoms with Gasteiger partial charge < -0.3 is 15.1 Å². The Morgan fingerprint density at radius 2 is 1.85 bits per heavy atom. The van der Waals surface area contributed by atoms with Gasteiger partial charge in [-0.05, 0) is 45.1 Å². The molecule has 1 atom stereocenters. The quantitative estimate of drug-likeness (QED) is 0.826. The number of nitrogens with zero attached hydrogens (tertiary/aromatic N) is 3. The summed E-state index contributed by atoms with van der Waals surface area (Å²) in [4.78, 5) is 29.9. The summed E-state index contributed by atoms with van der Waals surface area (Å²) < 4.78 is 0. The van der Waals surface area contributed by atoms with E-state index in [4.69, 9.17) is 0 Å². The number of amides is 2. The number of aromatic amines is 1. The molecule has 0 spiro atoms. The summed E-state index contributed by atoms with van der Waals surface area (Å²) in [7, 11) is 2.07. The first-order valence-corrected chi connectivity index (χ1v) is 9.80. The molecule has 2 N–H and O–H groups in total. The molecule has 0 radical (unpaired) electrons. The average Bonchev–Trinajstić information content (AvgIpc) is 3.05. The van der Waals surface area contributed by atoms with Crippen molar-refractivity contribution in [3.8, 4) is 0 Å². The monoisotopic (exact) mass is 361 g/mol. The minimum atomic E-state index is -0.484. The van der Waals surface area contributed by atoms with E-state index in [0.29, 0.717) is 18.0 Å². The fraction of sp³-hybridized carbons (Fsp3) is 0.737. The van der Waals surface area contributed by atoms with Crippen molar-refractivity contribution < 1.29 is 9.59 Å². The second-order valence-corrected chi connectivity index (χ2v) is 8.02. The van der Waals surface area contributed by atoms with Gasteiger partial charge in [0.05, 0.1) is 0 Å². The lowest BCUT2D eigenvalue weighted by Crippen LogP contribution is -2.54. The highest BCUT2D eigenvalue weighted by Gasteiger charge is 2.30. The molecular formula is C19H31N5O2. The predicted molar refractivity (Wildman–Crippen MR) is 100 cm³/mol. The lowest BCUT2D eigenvalue weighted by molar-refractivity contribution is -0.135. The van der Waals surface area contributed by atoms with Gasteiger partial charge in [-0.3, -0.25) is 14.7 Å². The summed E-state index contributed by atoms with van der Waals surface area (Å²) >= 11 is 0. The molecule has 0 bridgehead atoms. The van der Waals surface area contributed by atoms with E-state index in [9.17, 15) is 9.59 Å². The van der Waals surface area contributed by atoms with Crippen LogP contribution in [-0.2, 0) is 17.6 Å². The van der Waals surface area contributed by atoms with E-state index in [0.717, 1.165) is 63.1 Å². The molecule has 2 aliphatic rings. The zero-order chi connectivity index (χ0) is 18.7. The van der Waals surface area contributed by atoms with Crippen molar-refractivity contribution in [2.24, 2.45) is 5.92 Å². The first-order valence-electron chi connectivity index (χ1n) is 9.80. The predicted octanol–water partition coefficient (Wildman–Crippen LogP) is 1.21. The van der Waals surface area contributed by atoms with E-state index in [2.05, 4.69) is 41.3 Å². The second-order valence-electron chi connectivity index (χ2n) is 8.02. The molecule has 2 heterocycles. The van der Waals surface area contributed by atoms with E-state index in [1.807, 2.05) is 4.90 Å². The molecule has 1 fully saturated rings. The Balaban J connectivity index is 1.70. The zero-order valence-electron chi connectivity index (χ0n) is 16.2. The van der Waals surface area contributed by atoms with Crippen LogP contribution in [-0.4, -0.2) is 71.1 Å². The highest BCUT2D eigenvalue weighted by atomic mass is 16.2. The van der Waals surface area contributed by atoms with E-state index < -0.39 is 6.04 Å². The van der Waals surface area contributed by atoms with Gasteiger partial charge in [0.2, 0.25) is 5.91 Å². The number of carbonyl (C=O) groups is 2. The van der Waals surface area contributed by atoms with E-state index >= 15 is 0 Å². The van der Waals surface area contributed by atoms with Gasteiger partial charge in [0, 0.05) is 37.4 Å². The van der Waals surface area contributed by atoms with E-state index in [-0.39, 0.29) is 11.8 Å². The van der Waals surface area contributed by atoms with Crippen molar-refractivity contribution in [3.63, 3.8) is 0 Å². The summed E-state index contributed by atoms with van der Waals surface area (Å²) in [6.07, 6.45) is 4.70. The van der Waals surface area contributed by atoms with Crippen molar-refractivity contribution in [2.75, 3.05) is 33.2 Å². The average molecular weight is 361 g/mol. The van der Waals surface area contributed by atoms with Crippen LogP contribution < -0.4 is 5.32 Å². The number of likely N-dealkylation sites (N-methyl/N-ethyl adjacent to an activating group) is 1. The fourth-order valence-corrected chi connectivity index (χ4v) is 3.84. The Morgan fingerprint density at radius 1 is 1.15 bits per heavy atom. The third-order valence-corrected chi connectivity index (χ3v) is 5.40. The summed E-state index contributed by atoms with van der Waals surface area (Å²) in [5.41, 5.74) is 2.58. The maximum atomic E-state index is 13.0. The number of hydrogen-bond donors (Lipinski definition) is 2. The maximum absolute atomic E-state index is 13.0. The molecule has 1 aromatic rings. The van der Waals surface area contributed by atoms with Crippen LogP contribution in [0.4, 0.5) is 0 Å². The van der Waals surface area contributed by atoms with Gasteiger partial charge in [-0.25, -0.2) is 0 Å². The normalized spacial score (nSPS) is 19.3. The first-order chi connectivity index (χ1) is 12.5. The molecule has 144 valence electrons. The molecule has 1 unspecified atom stereocenters. The molecule has 0 saturated carbocycles. The first kappa shape index (κ1) is 18.9. The maximum Gasteiger partial charge on any atom is 0.272 e. The second kappa shape index (κ2) is 8.20. The van der Waals surface area contributed by atoms with E-state index in [1.165, 1.54) is 0 Å². The number of carbonyl (C=O) groups excluding carboxylic acids is 2. The Bertz CT molecular complexity index is 646. The van der Waals surface area contributed by atoms with Crippen molar-refractivity contribution in [1.29, 1.82) is 0 Å². The van der Waals surface area contributed by atoms with Gasteiger partial charge in [-0.2, -0.15) is 5.10 Å². The Kier molecular flexibility index (Phi) is 5.96. The largest absolute Gasteiger partial charge is 0.339 e. The molecule has 7 heteroatoms. The molecule has 1 saturated heterocycles. The minimum absolute atomic E-state index is 0.0320. The zero-order valence-corrected chi connectivity index (χ0v) is 16.2. The highest BCUT2D eigenvalue weighted by molar-refractivity contribution is 5.97. The molecule has 3 rings (SSSR count). The number of H-pyrrole nitrogens is 1. The lowest BCUT2D eigenvalue weighted by atomic mass is 9.95. The van der Waals surface area contributed by atoms with Gasteiger partial charge in [-0.15, -0.1) is 0 Å². The molecule has 1 aliphatic heterocycles. The third-order valence-electron chi connectivity index (χ3n) is 5.40. The topological polar surface area (TPSA) is 81.3 Å². The summed E-state index contributed by atoms with van der Waals surface area (Å²) in [6, 6.07) is -0.484. The van der Waals surface area contributed by atoms with E-state index in [1.54, 1.807) is 0 Å². The third kappa shape index (κ3) is 4.26. The van der Waals surface area contributed by atoms with Crippen molar-refractivity contribution in [1.82, 2.24) is 25.3 Å². The standard InChI is InChI=1S/C19H31N5O2/c1-13(2)12-16(19(26)24-10-8-23(3)9-11-24)20-18(25)17-14-6-4-5-7-15(14)21-22-17/h13,16H,4-12H2,1-3H3,(H,20,25)(H,21,22). The number of nitrogens with one attached hydrogen (secondary N) is 2. The van der Waals surface area contributed by atoms with Crippen molar-refractivity contribution in [2.45, 2.75) is 52.0 Å². The summed E-state index contributed by atoms with van der Waals surface area (Å²) in [5.74, 6) is 0.131. The van der Waals surface area contributed by atoms with Crippen LogP contribution in [0.5, 0.6) is 0 Å². The fourth-order valence-electron chi connectivity index (χ4n) is 3.84. The van der Waals surface area contributed by atoms with Gasteiger partial charge >= 0.3 is 0 Å². The molecule has 1 aliphatic carbocycles. The number of piperazine rings is 1. The van der Waals surface area contributed by atoms with Gasteiger partial charge in [0.1, 0.15) is 6.04 Å². The van der Waals surface area contributed by atoms with Gasteiger partial charge in [-0.1, -0.05) is 13.8 Å². The molecule has 0 aromatic carbocycles. The van der Waals surface area contributed by atoms with Crippen LogP contribution >= 0.6 is 0 Å². The van der Waals surface area contributed by atoms with Crippen LogP contribution in [0.2, 0.25) is 0 Å². The number of aromatic nitrogens is 2. The SMILES string of the molecule is CC(C)CC(NC(=O)c1n[nH]c2c1CCCC2)C(=O)N1CCN(C)CC1. The Morgan fingerprint density at radius 3 is 2.54 bits per heavy atom. The number of rotatable bonds is 5. The summed E-state index contributed by atoms with van der Waals surface area (Å²) in [6.45, 7) is 7.34. The van der Waals surface area contributed by atoms with Crippen LogP contribution in [0.3, 0.4) is 0 Å². The number of hydrogen-bond acceptors (Lipinski definition) is 4. The molecule has 2 amide bonds. The van der Waals surface area contributed by atoms with Crippen LogP contribution in [0, 0.1) is 5.92 Å². The van der Waals surface area contributed by atoms with Crippen molar-refractivity contribution in [3.05, 3.63) is 17.0 Å². The van der Waals surface area contributed by atoms with Crippen LogP contribution in [0.1, 0.15) is 54.9 Å². The highest BCUT2D eigenvalue weighted by Crippen LogP contribution is 2.22. The smallest absolute Gasteiger partial charge is 0.272 e. The summed E-state index contributed by atoms with van der Waals surface area (Å²) in [5, 5.41) is 10.2. The number of aryl methyl sites for hydroxylation is 1. The molecule has 7 nitrogen and oxygen atoms in total. The Hall–Kier alpha value is -1.89. The number of fused-ring (bicyclic) bond motifs is 1. The molecule has 1 aromatic heterocycles. The molecular weight excluding hydrogens is 330 g/mol. The minimum Gasteiger partial charge on any atom is -0.339 e. The van der Waals surface area contributed by atoms with Crippen molar-refractivity contribution >= 4 is 11.8 Å². The molecule has 26 heavy (non-hydrogen) atoms. The Labute approximate surface area is 155 Å². The van der Waals surface area contributed by atoms with Crippen LogP contribution in [0.15, 0.2) is 0 Å².